The molecule has 0 atom stereocenters. The summed E-state index contributed by atoms with van der Waals surface area (Å²) in [5.41, 5.74) is 6.03. The summed E-state index contributed by atoms with van der Waals surface area (Å²) in [6, 6.07) is 14.3. The van der Waals surface area contributed by atoms with Crippen molar-refractivity contribution in [1.29, 1.82) is 5.41 Å². The van der Waals surface area contributed by atoms with E-state index in [1.54, 1.807) is 30.3 Å². The van der Waals surface area contributed by atoms with E-state index in [4.69, 9.17) is 27.5 Å². The number of amidine groups is 1. The lowest BCUT2D eigenvalue weighted by Gasteiger charge is -2.10. The zero-order valence-electron chi connectivity index (χ0n) is 9.39. The van der Waals surface area contributed by atoms with Crippen LogP contribution >= 0.6 is 24.0 Å². The molecule has 0 saturated carbocycles. The Balaban J connectivity index is 0.00000162. The molecule has 0 unspecified atom stereocenters. The van der Waals surface area contributed by atoms with Crippen LogP contribution in [0.15, 0.2) is 48.5 Å². The summed E-state index contributed by atoms with van der Waals surface area (Å²) in [6.45, 7) is 0. The van der Waals surface area contributed by atoms with Crippen molar-refractivity contribution >= 4 is 29.8 Å². The molecule has 0 aliphatic heterocycles. The molecule has 2 aromatic carbocycles. The molecule has 94 valence electrons. The highest BCUT2D eigenvalue weighted by Crippen LogP contribution is 2.30. The fourth-order valence-electron chi connectivity index (χ4n) is 1.42. The van der Waals surface area contributed by atoms with Crippen molar-refractivity contribution in [2.75, 3.05) is 0 Å². The molecule has 0 aromatic heterocycles. The van der Waals surface area contributed by atoms with Crippen LogP contribution in [-0.2, 0) is 0 Å². The average molecular weight is 283 g/mol. The van der Waals surface area contributed by atoms with Gasteiger partial charge in [0.05, 0.1) is 10.6 Å². The molecule has 0 amide bonds. The van der Waals surface area contributed by atoms with Crippen LogP contribution in [-0.4, -0.2) is 5.84 Å². The van der Waals surface area contributed by atoms with Gasteiger partial charge in [-0.25, -0.2) is 0 Å². The number of nitrogens with one attached hydrogen (secondary N) is 1. The van der Waals surface area contributed by atoms with Crippen LogP contribution in [0.25, 0.3) is 0 Å². The molecule has 0 spiro atoms. The Labute approximate surface area is 116 Å². The molecule has 0 bridgehead atoms. The number of nitrogen functional groups attached to an aromatic ring is 1. The Morgan fingerprint density at radius 3 is 2.17 bits per heavy atom. The lowest BCUT2D eigenvalue weighted by Crippen LogP contribution is -2.12. The van der Waals surface area contributed by atoms with Crippen LogP contribution in [0.5, 0.6) is 11.5 Å². The molecule has 0 aliphatic rings. The van der Waals surface area contributed by atoms with E-state index < -0.39 is 0 Å². The second-order valence-corrected chi connectivity index (χ2v) is 3.85. The lowest BCUT2D eigenvalue weighted by molar-refractivity contribution is 0.482. The first-order valence-electron chi connectivity index (χ1n) is 5.04. The van der Waals surface area contributed by atoms with E-state index in [1.807, 2.05) is 18.2 Å². The minimum Gasteiger partial charge on any atom is -0.455 e. The van der Waals surface area contributed by atoms with E-state index in [1.165, 1.54) is 0 Å². The molecule has 0 radical (unpaired) electrons. The Hall–Kier alpha value is -1.71. The highest BCUT2D eigenvalue weighted by atomic mass is 35.5. The van der Waals surface area contributed by atoms with Crippen molar-refractivity contribution in [3.63, 3.8) is 0 Å². The summed E-state index contributed by atoms with van der Waals surface area (Å²) in [4.78, 5) is 0. The van der Waals surface area contributed by atoms with E-state index in [0.29, 0.717) is 22.1 Å². The number of hydrogen-bond donors (Lipinski definition) is 2. The lowest BCUT2D eigenvalue weighted by atomic mass is 10.2. The van der Waals surface area contributed by atoms with Crippen LogP contribution in [0.2, 0.25) is 5.02 Å². The predicted octanol–water partition coefficient (Wildman–Crippen LogP) is 3.84. The SMILES string of the molecule is Cl.N=C(N)c1ccccc1Oc1ccccc1Cl. The number of rotatable bonds is 3. The summed E-state index contributed by atoms with van der Waals surface area (Å²) >= 11 is 6.00. The number of nitrogens with two attached hydrogens (primary N) is 1. The summed E-state index contributed by atoms with van der Waals surface area (Å²) in [5.74, 6) is 1.03. The zero-order valence-corrected chi connectivity index (χ0v) is 11.0. The van der Waals surface area contributed by atoms with Crippen LogP contribution in [0, 0.1) is 5.41 Å². The zero-order chi connectivity index (χ0) is 12.3. The van der Waals surface area contributed by atoms with Crippen LogP contribution < -0.4 is 10.5 Å². The van der Waals surface area contributed by atoms with Gasteiger partial charge in [0.2, 0.25) is 0 Å². The number of ether oxygens (including phenoxy) is 1. The van der Waals surface area contributed by atoms with Crippen molar-refractivity contribution in [2.45, 2.75) is 0 Å². The number of benzene rings is 2. The monoisotopic (exact) mass is 282 g/mol. The Kier molecular flexibility index (Phi) is 5.01. The summed E-state index contributed by atoms with van der Waals surface area (Å²) < 4.78 is 5.65. The van der Waals surface area contributed by atoms with Crippen molar-refractivity contribution < 1.29 is 4.74 Å². The molecule has 3 N–H and O–H groups in total. The molecule has 0 heterocycles. The van der Waals surface area contributed by atoms with Gasteiger partial charge in [-0.2, -0.15) is 0 Å². The quantitative estimate of drug-likeness (QED) is 0.664. The average Bonchev–Trinajstić information content (AvgIpc) is 2.32. The molecule has 2 aromatic rings. The Morgan fingerprint density at radius 1 is 1.00 bits per heavy atom. The van der Waals surface area contributed by atoms with E-state index in [-0.39, 0.29) is 18.2 Å². The van der Waals surface area contributed by atoms with Crippen molar-refractivity contribution in [2.24, 2.45) is 5.73 Å². The van der Waals surface area contributed by atoms with Crippen molar-refractivity contribution in [1.82, 2.24) is 0 Å². The highest BCUT2D eigenvalue weighted by Gasteiger charge is 2.08. The van der Waals surface area contributed by atoms with E-state index in [2.05, 4.69) is 0 Å². The van der Waals surface area contributed by atoms with Gasteiger partial charge >= 0.3 is 0 Å². The van der Waals surface area contributed by atoms with Gasteiger partial charge < -0.3 is 10.5 Å². The van der Waals surface area contributed by atoms with Crippen molar-refractivity contribution in [3.05, 3.63) is 59.1 Å². The number of para-hydroxylation sites is 2. The summed E-state index contributed by atoms with van der Waals surface area (Å²) in [5, 5.41) is 7.98. The maximum absolute atomic E-state index is 7.46. The highest BCUT2D eigenvalue weighted by molar-refractivity contribution is 6.32. The van der Waals surface area contributed by atoms with E-state index >= 15 is 0 Å². The molecular formula is C13H12Cl2N2O. The third-order valence-electron chi connectivity index (χ3n) is 2.23. The maximum Gasteiger partial charge on any atom is 0.146 e. The van der Waals surface area contributed by atoms with E-state index in [9.17, 15) is 0 Å². The summed E-state index contributed by atoms with van der Waals surface area (Å²) in [7, 11) is 0. The van der Waals surface area contributed by atoms with Gasteiger partial charge in [0.1, 0.15) is 17.3 Å². The molecule has 0 saturated heterocycles. The first-order valence-corrected chi connectivity index (χ1v) is 5.42. The third-order valence-corrected chi connectivity index (χ3v) is 2.55. The Bertz CT molecular complexity index is 558. The van der Waals surface area contributed by atoms with Crippen LogP contribution in [0.3, 0.4) is 0 Å². The molecule has 18 heavy (non-hydrogen) atoms. The van der Waals surface area contributed by atoms with Gasteiger partial charge in [0, 0.05) is 0 Å². The minimum atomic E-state index is -0.0346. The molecule has 0 fully saturated rings. The molecule has 5 heteroatoms. The first-order chi connectivity index (χ1) is 8.18. The predicted molar refractivity (Wildman–Crippen MR) is 76.2 cm³/mol. The van der Waals surface area contributed by atoms with Gasteiger partial charge in [-0.15, -0.1) is 12.4 Å². The molecule has 3 nitrogen and oxygen atoms in total. The normalized spacial score (nSPS) is 9.39. The summed E-state index contributed by atoms with van der Waals surface area (Å²) in [6.07, 6.45) is 0. The van der Waals surface area contributed by atoms with Gasteiger partial charge in [-0.05, 0) is 24.3 Å². The molecule has 0 aliphatic carbocycles. The fraction of sp³-hybridized carbons (Fsp3) is 0. The van der Waals surface area contributed by atoms with Crippen molar-refractivity contribution in [3.8, 4) is 11.5 Å². The number of halogens is 2. The van der Waals surface area contributed by atoms with E-state index in [0.717, 1.165) is 0 Å². The molecular weight excluding hydrogens is 271 g/mol. The Morgan fingerprint density at radius 2 is 1.56 bits per heavy atom. The third kappa shape index (κ3) is 3.15. The first kappa shape index (κ1) is 14.4. The molecule has 2 rings (SSSR count). The van der Waals surface area contributed by atoms with Gasteiger partial charge in [-0.3, -0.25) is 5.41 Å². The van der Waals surface area contributed by atoms with Gasteiger partial charge in [-0.1, -0.05) is 35.9 Å². The topological polar surface area (TPSA) is 59.1 Å². The second kappa shape index (κ2) is 6.28. The standard InChI is InChI=1S/C13H11ClN2O.ClH/c14-10-6-2-4-8-12(10)17-11-7-3-1-5-9(11)13(15)16;/h1-8H,(H3,15,16);1H. The maximum atomic E-state index is 7.46. The van der Waals surface area contributed by atoms with Crippen LogP contribution in [0.4, 0.5) is 0 Å². The van der Waals surface area contributed by atoms with Gasteiger partial charge in [0.15, 0.2) is 0 Å². The minimum absolute atomic E-state index is 0. The second-order valence-electron chi connectivity index (χ2n) is 3.44. The number of hydrogen-bond acceptors (Lipinski definition) is 2. The van der Waals surface area contributed by atoms with Crippen LogP contribution in [0.1, 0.15) is 5.56 Å². The largest absolute Gasteiger partial charge is 0.455 e. The van der Waals surface area contributed by atoms with Gasteiger partial charge in [0.25, 0.3) is 0 Å². The fourth-order valence-corrected chi connectivity index (χ4v) is 1.60. The smallest absolute Gasteiger partial charge is 0.146 e.